The number of nitrogens with one attached hydrogen (secondary N) is 2. The number of imidazole rings is 1. The van der Waals surface area contributed by atoms with Crippen molar-refractivity contribution in [2.75, 3.05) is 68.1 Å². The molecular weight excluding hydrogens is 1030 g/mol. The first-order chi connectivity index (χ1) is 37.5. The van der Waals surface area contributed by atoms with Gasteiger partial charge in [-0.15, -0.1) is 0 Å². The summed E-state index contributed by atoms with van der Waals surface area (Å²) in [6.45, 7) is 5.23. The first kappa shape index (κ1) is 59.4. The summed E-state index contributed by atoms with van der Waals surface area (Å²) in [6.07, 6.45) is 6.73. The zero-order chi connectivity index (χ0) is 55.9. The van der Waals surface area contributed by atoms with Gasteiger partial charge in [0.15, 0.2) is 0 Å². The van der Waals surface area contributed by atoms with Gasteiger partial charge in [0.25, 0.3) is 0 Å². The summed E-state index contributed by atoms with van der Waals surface area (Å²) < 4.78 is 14.2. The Morgan fingerprint density at radius 3 is 2.13 bits per heavy atom. The molecule has 418 valence electrons. The highest BCUT2D eigenvalue weighted by Gasteiger charge is 2.37. The first-order valence-electron chi connectivity index (χ1n) is 27.1. The van der Waals surface area contributed by atoms with E-state index in [0.29, 0.717) is 39.9 Å². The Hall–Kier alpha value is -6.30. The van der Waals surface area contributed by atoms with Gasteiger partial charge in [0.05, 0.1) is 37.5 Å². The van der Waals surface area contributed by atoms with Gasteiger partial charge < -0.3 is 44.3 Å². The lowest BCUT2D eigenvalue weighted by Gasteiger charge is -2.35. The number of rotatable bonds is 18. The molecule has 1 aromatic heterocycles. The van der Waals surface area contributed by atoms with E-state index in [9.17, 15) is 14.4 Å². The molecule has 18 heteroatoms. The van der Waals surface area contributed by atoms with E-state index >= 15 is 9.59 Å². The molecule has 16 nitrogen and oxygen atoms in total. The summed E-state index contributed by atoms with van der Waals surface area (Å²) in [5.41, 5.74) is 4.18. The third kappa shape index (κ3) is 16.4. The van der Waals surface area contributed by atoms with Crippen LogP contribution in [0.25, 0.3) is 11.3 Å². The summed E-state index contributed by atoms with van der Waals surface area (Å²) in [5.74, 6) is -1.16. The number of benzene rings is 4. The van der Waals surface area contributed by atoms with Crippen LogP contribution in [0.4, 0.5) is 0 Å². The largest absolute Gasteiger partial charge is 0.457 e. The number of carbonyl (C=O) groups is 5. The van der Waals surface area contributed by atoms with Crippen molar-refractivity contribution in [3.63, 3.8) is 0 Å². The fourth-order valence-corrected chi connectivity index (χ4v) is 10.6. The van der Waals surface area contributed by atoms with E-state index in [4.69, 9.17) is 37.7 Å². The molecule has 7 rings (SSSR count). The average Bonchev–Trinajstić information content (AvgIpc) is 4.12. The maximum atomic E-state index is 15.3. The number of carbonyl (C=O) groups excluding carboxylic acids is 5. The summed E-state index contributed by atoms with van der Waals surface area (Å²) in [6, 6.07) is 26.1. The number of unbranched alkanes of at least 4 members (excludes halogenated alkanes) is 1. The van der Waals surface area contributed by atoms with Crippen molar-refractivity contribution in [1.82, 2.24) is 44.7 Å². The van der Waals surface area contributed by atoms with Crippen LogP contribution in [0.1, 0.15) is 74.4 Å². The number of ether oxygens (including phenoxy) is 2. The van der Waals surface area contributed by atoms with Gasteiger partial charge in [0.1, 0.15) is 29.4 Å². The third-order valence-electron chi connectivity index (χ3n) is 15.1. The highest BCUT2D eigenvalue weighted by molar-refractivity contribution is 6.31. The second-order valence-corrected chi connectivity index (χ2v) is 22.0. The summed E-state index contributed by atoms with van der Waals surface area (Å²) in [7, 11) is 10.8. The van der Waals surface area contributed by atoms with E-state index in [-0.39, 0.29) is 50.8 Å². The Kier molecular flexibility index (Phi) is 21.7. The van der Waals surface area contributed by atoms with Crippen LogP contribution in [0.5, 0.6) is 11.5 Å². The van der Waals surface area contributed by atoms with Crippen molar-refractivity contribution >= 4 is 52.7 Å². The molecule has 0 aliphatic carbocycles. The van der Waals surface area contributed by atoms with Crippen LogP contribution in [0.3, 0.4) is 0 Å². The Bertz CT molecular complexity index is 2790. The molecule has 0 bridgehead atoms. The smallest absolute Gasteiger partial charge is 0.247 e. The van der Waals surface area contributed by atoms with Crippen LogP contribution in [0.15, 0.2) is 103 Å². The Morgan fingerprint density at radius 2 is 1.44 bits per heavy atom. The van der Waals surface area contributed by atoms with Crippen molar-refractivity contribution in [3.8, 4) is 22.8 Å². The number of hydrogen-bond donors (Lipinski definition) is 2. The SMILES string of the molecule is COC[C@@H]1NC(=O)[C@H](C)N(Cc2ccc(Cl)cc2Oc2ccc(-c3cnc(CN4CCCC4)n3C)cc2)C(=O)C[C@@H](Cc2ccccc2)C(=O)N(C)[C@@H](CCCCN(C)C)CNC(=O)C[C@H](Cc2ccc(Cl)cc2)N(C)C1=O. The van der Waals surface area contributed by atoms with Gasteiger partial charge in [0, 0.05) is 80.9 Å². The molecule has 0 spiro atoms. The zero-order valence-electron chi connectivity index (χ0n) is 46.3. The molecule has 0 saturated carbocycles. The normalized spacial score (nSPS) is 20.7. The molecule has 4 aromatic carbocycles. The monoisotopic (exact) mass is 1110 g/mol. The number of likely N-dealkylation sites (N-methyl/N-ethyl adjacent to an activating group) is 2. The topological polar surface area (TPSA) is 162 Å². The van der Waals surface area contributed by atoms with Crippen LogP contribution in [0.2, 0.25) is 10.0 Å². The lowest BCUT2D eigenvalue weighted by molar-refractivity contribution is -0.147. The molecule has 2 aliphatic heterocycles. The van der Waals surface area contributed by atoms with E-state index < -0.39 is 47.8 Å². The number of hydrogen-bond acceptors (Lipinski definition) is 10. The van der Waals surface area contributed by atoms with Crippen LogP contribution in [0, 0.1) is 5.92 Å². The van der Waals surface area contributed by atoms with Crippen LogP contribution in [-0.2, 0) is 61.7 Å². The van der Waals surface area contributed by atoms with Gasteiger partial charge in [-0.1, -0.05) is 78.2 Å². The number of likely N-dealkylation sites (tertiary alicyclic amines) is 1. The standard InChI is InChI=1S/C60H77Cl2N9O7/c1-41-58(74)65-52(40-77-7)60(76)68(5)50(32-43-18-23-47(61)24-19-43)35-56(72)64-36-49(17-11-12-28-66(2)3)67(4)59(75)46(31-42-15-9-8-10-16-42)33-57(73)71(41)38-45-20-25-48(62)34-54(45)78-51-26-21-44(22-27-51)53-37-63-55(69(53)6)39-70-29-13-14-30-70/h8-10,15-16,18-27,34,37,41,46,49-50,52H,11-14,17,28-33,35-36,38-40H2,1-7H3,(H,64,72)(H,65,74)/t41-,46+,49-,50-,52-/m0/s1. The molecule has 5 aromatic rings. The van der Waals surface area contributed by atoms with Gasteiger partial charge in [0.2, 0.25) is 29.5 Å². The van der Waals surface area contributed by atoms with E-state index in [1.165, 1.54) is 29.8 Å². The zero-order valence-corrected chi connectivity index (χ0v) is 47.8. The summed E-state index contributed by atoms with van der Waals surface area (Å²) >= 11 is 12.9. The molecule has 78 heavy (non-hydrogen) atoms. The summed E-state index contributed by atoms with van der Waals surface area (Å²) in [5, 5.41) is 6.94. The second-order valence-electron chi connectivity index (χ2n) is 21.1. The molecule has 5 atom stereocenters. The van der Waals surface area contributed by atoms with Crippen molar-refractivity contribution in [2.24, 2.45) is 13.0 Å². The molecule has 3 heterocycles. The second kappa shape index (κ2) is 28.5. The number of amides is 5. The Labute approximate surface area is 470 Å². The van der Waals surface area contributed by atoms with Gasteiger partial charge in [-0.25, -0.2) is 4.98 Å². The minimum Gasteiger partial charge on any atom is -0.457 e. The average molecular weight is 1110 g/mol. The van der Waals surface area contributed by atoms with Crippen LogP contribution in [-0.4, -0.2) is 156 Å². The van der Waals surface area contributed by atoms with E-state index in [1.807, 2.05) is 94.1 Å². The Morgan fingerprint density at radius 1 is 0.756 bits per heavy atom. The predicted octanol–water partition coefficient (Wildman–Crippen LogP) is 8.03. The molecule has 5 amide bonds. The van der Waals surface area contributed by atoms with E-state index in [2.05, 4.69) is 25.0 Å². The maximum Gasteiger partial charge on any atom is 0.247 e. The summed E-state index contributed by atoms with van der Waals surface area (Å²) in [4.78, 5) is 87.9. The number of nitrogens with zero attached hydrogens (tertiary/aromatic N) is 7. The molecule has 0 radical (unpaired) electrons. The van der Waals surface area contributed by atoms with Crippen LogP contribution < -0.4 is 15.4 Å². The first-order valence-corrected chi connectivity index (χ1v) is 27.8. The predicted molar refractivity (Wildman–Crippen MR) is 305 cm³/mol. The van der Waals surface area contributed by atoms with Gasteiger partial charge in [-0.2, -0.15) is 0 Å². The van der Waals surface area contributed by atoms with Gasteiger partial charge >= 0.3 is 0 Å². The quantitative estimate of drug-likeness (QED) is 0.0823. The van der Waals surface area contributed by atoms with Crippen molar-refractivity contribution in [3.05, 3.63) is 136 Å². The van der Waals surface area contributed by atoms with E-state index in [0.717, 1.165) is 67.2 Å². The van der Waals surface area contributed by atoms with Crippen molar-refractivity contribution in [2.45, 2.75) is 102 Å². The molecule has 2 N–H and O–H groups in total. The highest BCUT2D eigenvalue weighted by atomic mass is 35.5. The van der Waals surface area contributed by atoms with Crippen molar-refractivity contribution in [1.29, 1.82) is 0 Å². The van der Waals surface area contributed by atoms with Crippen LogP contribution >= 0.6 is 23.2 Å². The minimum atomic E-state index is -1.20. The van der Waals surface area contributed by atoms with Gasteiger partial charge in [-0.05, 0) is 139 Å². The Balaban J connectivity index is 1.23. The third-order valence-corrected chi connectivity index (χ3v) is 15.6. The van der Waals surface area contributed by atoms with E-state index in [1.54, 1.807) is 56.3 Å². The molecule has 0 unspecified atom stereocenters. The van der Waals surface area contributed by atoms with Crippen molar-refractivity contribution < 1.29 is 33.4 Å². The van der Waals surface area contributed by atoms with Gasteiger partial charge in [-0.3, -0.25) is 28.9 Å². The fraction of sp³-hybridized carbons (Fsp3) is 0.467. The number of aromatic nitrogens is 2. The maximum absolute atomic E-state index is 15.3. The molecule has 2 saturated heterocycles. The lowest BCUT2D eigenvalue weighted by Crippen LogP contribution is -2.57. The molecule has 2 fully saturated rings. The number of methoxy groups -OCH3 is 1. The lowest BCUT2D eigenvalue weighted by atomic mass is 9.92. The molecular formula is C60H77Cl2N9O7. The highest BCUT2D eigenvalue weighted by Crippen LogP contribution is 2.33. The fourth-order valence-electron chi connectivity index (χ4n) is 10.3. The number of halogens is 2. The molecule has 2 aliphatic rings. The minimum absolute atomic E-state index is 0.0708.